The highest BCUT2D eigenvalue weighted by Gasteiger charge is 2.15. The molecule has 30 heavy (non-hydrogen) atoms. The number of fused-ring (bicyclic) bond motifs is 2. The van der Waals surface area contributed by atoms with Gasteiger partial charge in [-0.25, -0.2) is 0 Å². The van der Waals surface area contributed by atoms with Crippen molar-refractivity contribution in [1.82, 2.24) is 4.57 Å². The van der Waals surface area contributed by atoms with Crippen LogP contribution in [0.3, 0.4) is 0 Å². The van der Waals surface area contributed by atoms with Crippen LogP contribution in [-0.4, -0.2) is 37.9 Å². The minimum absolute atomic E-state index is 0.208. The van der Waals surface area contributed by atoms with Crippen molar-refractivity contribution >= 4 is 38.4 Å². The van der Waals surface area contributed by atoms with E-state index in [1.165, 1.54) is 11.3 Å². The van der Waals surface area contributed by atoms with Gasteiger partial charge in [0, 0.05) is 30.7 Å². The molecular weight excluding hydrogens is 404 g/mol. The molecular formula is C22H22N2O5S. The molecule has 0 aliphatic heterocycles. The number of rotatable bonds is 7. The lowest BCUT2D eigenvalue weighted by atomic mass is 10.2. The molecule has 0 aliphatic rings. The zero-order valence-corrected chi connectivity index (χ0v) is 17.8. The first-order valence-electron chi connectivity index (χ1n) is 9.55. The second kappa shape index (κ2) is 8.73. The standard InChI is InChI=1S/C22H22N2O5S/c1-4-28-10-9-24-15-12-17(26-2)18(27-3)13-20(15)30-22(24)23-21(25)19-11-14-7-5-6-8-16(14)29-19/h5-8,11-13H,4,9-10H2,1-3H3. The Kier molecular flexibility index (Phi) is 5.87. The molecule has 0 atom stereocenters. The maximum atomic E-state index is 12.8. The quantitative estimate of drug-likeness (QED) is 0.413. The maximum absolute atomic E-state index is 12.8. The van der Waals surface area contributed by atoms with Gasteiger partial charge in [0.2, 0.25) is 0 Å². The van der Waals surface area contributed by atoms with Crippen molar-refractivity contribution in [3.63, 3.8) is 0 Å². The van der Waals surface area contributed by atoms with Crippen LogP contribution in [-0.2, 0) is 11.3 Å². The van der Waals surface area contributed by atoms with Crippen molar-refractivity contribution in [2.75, 3.05) is 27.4 Å². The van der Waals surface area contributed by atoms with Gasteiger partial charge in [0.05, 0.1) is 31.0 Å². The highest BCUT2D eigenvalue weighted by Crippen LogP contribution is 2.33. The third-order valence-corrected chi connectivity index (χ3v) is 5.73. The average molecular weight is 426 g/mol. The number of thiazole rings is 1. The predicted octanol–water partition coefficient (Wildman–Crippen LogP) is 4.24. The Morgan fingerprint density at radius 2 is 1.90 bits per heavy atom. The topological polar surface area (TPSA) is 75.2 Å². The summed E-state index contributed by atoms with van der Waals surface area (Å²) in [6.45, 7) is 3.61. The Morgan fingerprint density at radius 3 is 2.63 bits per heavy atom. The molecule has 0 saturated carbocycles. The maximum Gasteiger partial charge on any atom is 0.315 e. The van der Waals surface area contributed by atoms with Crippen LogP contribution in [0.15, 0.2) is 51.9 Å². The summed E-state index contributed by atoms with van der Waals surface area (Å²) in [6.07, 6.45) is 0. The normalized spacial score (nSPS) is 12.0. The van der Waals surface area contributed by atoms with Crippen LogP contribution in [0.4, 0.5) is 0 Å². The summed E-state index contributed by atoms with van der Waals surface area (Å²) >= 11 is 1.40. The van der Waals surface area contributed by atoms with Gasteiger partial charge in [0.25, 0.3) is 0 Å². The number of furan rings is 1. The number of carbonyl (C=O) groups is 1. The second-order valence-corrected chi connectivity index (χ2v) is 7.48. The number of carbonyl (C=O) groups excluding carboxylic acids is 1. The number of amides is 1. The van der Waals surface area contributed by atoms with Gasteiger partial charge in [0.1, 0.15) is 5.58 Å². The van der Waals surface area contributed by atoms with Crippen molar-refractivity contribution in [2.45, 2.75) is 13.5 Å². The molecule has 156 valence electrons. The van der Waals surface area contributed by atoms with Crippen LogP contribution in [0.5, 0.6) is 11.5 Å². The molecule has 2 aromatic heterocycles. The van der Waals surface area contributed by atoms with Gasteiger partial charge < -0.3 is 23.2 Å². The minimum atomic E-state index is -0.429. The first-order chi connectivity index (χ1) is 14.6. The van der Waals surface area contributed by atoms with Gasteiger partial charge in [-0.2, -0.15) is 4.99 Å². The van der Waals surface area contributed by atoms with Crippen LogP contribution in [0.2, 0.25) is 0 Å². The smallest absolute Gasteiger partial charge is 0.315 e. The van der Waals surface area contributed by atoms with E-state index < -0.39 is 5.91 Å². The van der Waals surface area contributed by atoms with Crippen LogP contribution >= 0.6 is 11.3 Å². The molecule has 7 nitrogen and oxygen atoms in total. The Bertz CT molecular complexity index is 1230. The molecule has 4 rings (SSSR count). The number of ether oxygens (including phenoxy) is 3. The van der Waals surface area contributed by atoms with Gasteiger partial charge in [0.15, 0.2) is 22.1 Å². The second-order valence-electron chi connectivity index (χ2n) is 6.47. The molecule has 0 fully saturated rings. The van der Waals surface area contributed by atoms with Crippen molar-refractivity contribution in [1.29, 1.82) is 0 Å². The van der Waals surface area contributed by atoms with Gasteiger partial charge in [-0.15, -0.1) is 0 Å². The third-order valence-electron chi connectivity index (χ3n) is 4.68. The molecule has 0 unspecified atom stereocenters. The van der Waals surface area contributed by atoms with Crippen molar-refractivity contribution in [3.8, 4) is 11.5 Å². The van der Waals surface area contributed by atoms with E-state index in [1.54, 1.807) is 20.3 Å². The van der Waals surface area contributed by atoms with E-state index in [0.717, 1.165) is 15.6 Å². The lowest BCUT2D eigenvalue weighted by Crippen LogP contribution is -2.19. The van der Waals surface area contributed by atoms with Gasteiger partial charge in [-0.1, -0.05) is 29.5 Å². The number of para-hydroxylation sites is 1. The first-order valence-corrected chi connectivity index (χ1v) is 10.4. The average Bonchev–Trinajstić information content (AvgIpc) is 3.34. The van der Waals surface area contributed by atoms with E-state index in [9.17, 15) is 4.79 Å². The van der Waals surface area contributed by atoms with E-state index in [-0.39, 0.29) is 5.76 Å². The summed E-state index contributed by atoms with van der Waals surface area (Å²) in [5.74, 6) is 1.02. The highest BCUT2D eigenvalue weighted by atomic mass is 32.1. The third kappa shape index (κ3) is 3.83. The molecule has 8 heteroatoms. The van der Waals surface area contributed by atoms with Gasteiger partial charge in [-0.05, 0) is 19.1 Å². The Labute approximate surface area is 177 Å². The summed E-state index contributed by atoms with van der Waals surface area (Å²) in [4.78, 5) is 17.8. The lowest BCUT2D eigenvalue weighted by molar-refractivity contribution is 0.0972. The first kappa shape index (κ1) is 20.2. The van der Waals surface area contributed by atoms with E-state index in [1.807, 2.05) is 47.9 Å². The zero-order valence-electron chi connectivity index (χ0n) is 17.0. The van der Waals surface area contributed by atoms with Crippen LogP contribution in [0.1, 0.15) is 17.5 Å². The fraction of sp³-hybridized carbons (Fsp3) is 0.273. The molecule has 2 heterocycles. The molecule has 2 aromatic carbocycles. The summed E-state index contributed by atoms with van der Waals surface area (Å²) in [7, 11) is 3.19. The number of hydrogen-bond acceptors (Lipinski definition) is 6. The van der Waals surface area contributed by atoms with Crippen molar-refractivity contribution in [2.24, 2.45) is 4.99 Å². The van der Waals surface area contributed by atoms with Crippen LogP contribution in [0, 0.1) is 0 Å². The monoisotopic (exact) mass is 426 g/mol. The molecule has 0 saturated heterocycles. The minimum Gasteiger partial charge on any atom is -0.493 e. The summed E-state index contributed by atoms with van der Waals surface area (Å²) < 4.78 is 24.9. The molecule has 0 aliphatic carbocycles. The molecule has 0 radical (unpaired) electrons. The van der Waals surface area contributed by atoms with Crippen LogP contribution < -0.4 is 14.3 Å². The SMILES string of the molecule is CCOCCn1c(=NC(=O)c2cc3ccccc3o2)sc2cc(OC)c(OC)cc21. The fourth-order valence-corrected chi connectivity index (χ4v) is 4.29. The number of nitrogens with zero attached hydrogens (tertiary/aromatic N) is 2. The summed E-state index contributed by atoms with van der Waals surface area (Å²) in [5, 5.41) is 0.867. The van der Waals surface area contributed by atoms with Crippen LogP contribution in [0.25, 0.3) is 21.2 Å². The number of benzene rings is 2. The number of hydrogen-bond donors (Lipinski definition) is 0. The highest BCUT2D eigenvalue weighted by molar-refractivity contribution is 7.16. The molecule has 0 spiro atoms. The van der Waals surface area contributed by atoms with Gasteiger partial charge in [-0.3, -0.25) is 4.79 Å². The lowest BCUT2D eigenvalue weighted by Gasteiger charge is -2.09. The van der Waals surface area contributed by atoms with E-state index in [0.29, 0.717) is 41.6 Å². The molecule has 0 N–H and O–H groups in total. The van der Waals surface area contributed by atoms with Gasteiger partial charge >= 0.3 is 5.91 Å². The Hall–Kier alpha value is -3.10. The Balaban J connectivity index is 1.82. The fourth-order valence-electron chi connectivity index (χ4n) is 3.23. The zero-order chi connectivity index (χ0) is 21.1. The van der Waals surface area contributed by atoms with E-state index in [4.69, 9.17) is 18.6 Å². The Morgan fingerprint density at radius 1 is 1.13 bits per heavy atom. The van der Waals surface area contributed by atoms with Crippen molar-refractivity contribution in [3.05, 3.63) is 53.0 Å². The van der Waals surface area contributed by atoms with Crippen molar-refractivity contribution < 1.29 is 23.4 Å². The molecule has 1 amide bonds. The van der Waals surface area contributed by atoms with E-state index in [2.05, 4.69) is 4.99 Å². The molecule has 0 bridgehead atoms. The summed E-state index contributed by atoms with van der Waals surface area (Å²) in [6, 6.07) is 13.0. The largest absolute Gasteiger partial charge is 0.493 e. The number of methoxy groups -OCH3 is 2. The predicted molar refractivity (Wildman–Crippen MR) is 116 cm³/mol. The molecule has 4 aromatic rings. The summed E-state index contributed by atoms with van der Waals surface area (Å²) in [5.41, 5.74) is 1.56. The van der Waals surface area contributed by atoms with E-state index >= 15 is 0 Å². The number of aromatic nitrogens is 1.